The zero-order chi connectivity index (χ0) is 18.4. The molecule has 0 aromatic heterocycles. The Morgan fingerprint density at radius 3 is 2.77 bits per heavy atom. The number of hydrogen-bond acceptors (Lipinski definition) is 3. The summed E-state index contributed by atoms with van der Waals surface area (Å²) in [4.78, 5) is 15.0. The van der Waals surface area contributed by atoms with Crippen molar-refractivity contribution < 1.29 is 4.79 Å². The van der Waals surface area contributed by atoms with Gasteiger partial charge in [-0.3, -0.25) is 4.79 Å². The van der Waals surface area contributed by atoms with Crippen molar-refractivity contribution in [2.75, 3.05) is 29.1 Å². The van der Waals surface area contributed by atoms with Crippen LogP contribution in [0, 0.1) is 6.92 Å². The molecule has 6 heteroatoms. The van der Waals surface area contributed by atoms with Crippen molar-refractivity contribution in [2.45, 2.75) is 24.7 Å². The van der Waals surface area contributed by atoms with Crippen LogP contribution in [0.4, 0.5) is 11.4 Å². The Kier molecular flexibility index (Phi) is 6.52. The summed E-state index contributed by atoms with van der Waals surface area (Å²) in [6, 6.07) is 16.4. The van der Waals surface area contributed by atoms with E-state index in [1.165, 1.54) is 10.5 Å². The summed E-state index contributed by atoms with van der Waals surface area (Å²) < 4.78 is 0. The molecule has 0 aliphatic carbocycles. The first-order chi connectivity index (χ1) is 12.6. The summed E-state index contributed by atoms with van der Waals surface area (Å²) in [6.45, 7) is 3.67. The molecular formula is C20H23N3OS2. The molecule has 0 bridgehead atoms. The number of thioether (sulfide) groups is 1. The molecule has 0 atom stereocenters. The van der Waals surface area contributed by atoms with Crippen molar-refractivity contribution >= 4 is 46.4 Å². The zero-order valence-electron chi connectivity index (χ0n) is 14.8. The minimum atomic E-state index is 0.191. The fraction of sp³-hybridized carbons (Fsp3) is 0.300. The molecular weight excluding hydrogens is 362 g/mol. The Bertz CT molecular complexity index is 777. The van der Waals surface area contributed by atoms with E-state index in [2.05, 4.69) is 41.8 Å². The van der Waals surface area contributed by atoms with Crippen molar-refractivity contribution in [3.8, 4) is 0 Å². The first-order valence-electron chi connectivity index (χ1n) is 8.76. The fourth-order valence-electron chi connectivity index (χ4n) is 2.82. The van der Waals surface area contributed by atoms with Gasteiger partial charge < -0.3 is 15.5 Å². The van der Waals surface area contributed by atoms with E-state index in [-0.39, 0.29) is 5.91 Å². The Morgan fingerprint density at radius 1 is 1.23 bits per heavy atom. The van der Waals surface area contributed by atoms with Crippen molar-refractivity contribution in [1.29, 1.82) is 0 Å². The Labute approximate surface area is 164 Å². The third-order valence-electron chi connectivity index (χ3n) is 4.17. The number of anilines is 2. The summed E-state index contributed by atoms with van der Waals surface area (Å²) >= 11 is 7.18. The number of thiocarbonyl (C=S) groups is 1. The van der Waals surface area contributed by atoms with Gasteiger partial charge in [0.15, 0.2) is 5.11 Å². The number of rotatable bonds is 6. The maximum absolute atomic E-state index is 11.9. The van der Waals surface area contributed by atoms with Gasteiger partial charge in [0, 0.05) is 41.5 Å². The first-order valence-corrected chi connectivity index (χ1v) is 10.2. The van der Waals surface area contributed by atoms with Crippen LogP contribution < -0.4 is 15.5 Å². The number of hydrogen-bond donors (Lipinski definition) is 2. The average molecular weight is 386 g/mol. The van der Waals surface area contributed by atoms with Crippen LogP contribution in [-0.2, 0) is 4.79 Å². The molecule has 1 heterocycles. The molecule has 1 amide bonds. The van der Waals surface area contributed by atoms with Crippen LogP contribution in [0.25, 0.3) is 0 Å². The van der Waals surface area contributed by atoms with E-state index >= 15 is 0 Å². The lowest BCUT2D eigenvalue weighted by Crippen LogP contribution is -2.30. The first kappa shape index (κ1) is 18.7. The van der Waals surface area contributed by atoms with Crippen molar-refractivity contribution in [3.63, 3.8) is 0 Å². The topological polar surface area (TPSA) is 44.4 Å². The van der Waals surface area contributed by atoms with Gasteiger partial charge in [0.05, 0.1) is 0 Å². The minimum Gasteiger partial charge on any atom is -0.362 e. The van der Waals surface area contributed by atoms with E-state index in [1.54, 1.807) is 11.8 Å². The molecule has 0 spiro atoms. The standard InChI is InChI=1S/C20H23N3OS2/c1-15-7-9-18(10-8-15)26-13-11-21-20(25)22-16-4-2-5-17(14-16)23-12-3-6-19(23)24/h2,4-5,7-10,14H,3,6,11-13H2,1H3,(H2,21,22,25). The van der Waals surface area contributed by atoms with Gasteiger partial charge >= 0.3 is 0 Å². The lowest BCUT2D eigenvalue weighted by atomic mass is 10.2. The van der Waals surface area contributed by atoms with Crippen LogP contribution in [0.3, 0.4) is 0 Å². The molecule has 2 aromatic carbocycles. The van der Waals surface area contributed by atoms with Crippen molar-refractivity contribution in [3.05, 3.63) is 54.1 Å². The molecule has 136 valence electrons. The molecule has 3 rings (SSSR count). The van der Waals surface area contributed by atoms with Crippen LogP contribution in [0.2, 0.25) is 0 Å². The second-order valence-corrected chi connectivity index (χ2v) is 7.82. The molecule has 0 unspecified atom stereocenters. The lowest BCUT2D eigenvalue weighted by molar-refractivity contribution is -0.117. The molecule has 2 aromatic rings. The highest BCUT2D eigenvalue weighted by Crippen LogP contribution is 2.24. The Morgan fingerprint density at radius 2 is 2.04 bits per heavy atom. The van der Waals surface area contributed by atoms with E-state index in [9.17, 15) is 4.79 Å². The summed E-state index contributed by atoms with van der Waals surface area (Å²) in [7, 11) is 0. The highest BCUT2D eigenvalue weighted by molar-refractivity contribution is 7.99. The summed E-state index contributed by atoms with van der Waals surface area (Å²) in [5.41, 5.74) is 3.09. The van der Waals surface area contributed by atoms with Crippen LogP contribution >= 0.6 is 24.0 Å². The Hall–Kier alpha value is -2.05. The maximum Gasteiger partial charge on any atom is 0.227 e. The number of benzene rings is 2. The van der Waals surface area contributed by atoms with Gasteiger partial charge in [-0.05, 0) is 55.9 Å². The van der Waals surface area contributed by atoms with Gasteiger partial charge in [0.2, 0.25) is 5.91 Å². The molecule has 4 nitrogen and oxygen atoms in total. The van der Waals surface area contributed by atoms with Crippen molar-refractivity contribution in [2.24, 2.45) is 0 Å². The van der Waals surface area contributed by atoms with Crippen LogP contribution in [0.15, 0.2) is 53.4 Å². The van der Waals surface area contributed by atoms with E-state index in [0.717, 1.165) is 36.6 Å². The molecule has 1 saturated heterocycles. The Balaban J connectivity index is 1.44. The van der Waals surface area contributed by atoms with Crippen LogP contribution in [0.1, 0.15) is 18.4 Å². The minimum absolute atomic E-state index is 0.191. The highest BCUT2D eigenvalue weighted by Gasteiger charge is 2.21. The number of carbonyl (C=O) groups excluding carboxylic acids is 1. The summed E-state index contributed by atoms with van der Waals surface area (Å²) in [5, 5.41) is 7.03. The predicted molar refractivity (Wildman–Crippen MR) is 114 cm³/mol. The number of amides is 1. The van der Waals surface area contributed by atoms with E-state index < -0.39 is 0 Å². The van der Waals surface area contributed by atoms with Gasteiger partial charge in [-0.2, -0.15) is 0 Å². The lowest BCUT2D eigenvalue weighted by Gasteiger charge is -2.17. The monoisotopic (exact) mass is 385 g/mol. The van der Waals surface area contributed by atoms with Crippen LogP contribution in [0.5, 0.6) is 0 Å². The van der Waals surface area contributed by atoms with Gasteiger partial charge in [-0.15, -0.1) is 11.8 Å². The van der Waals surface area contributed by atoms with E-state index in [4.69, 9.17) is 12.2 Å². The number of nitrogens with one attached hydrogen (secondary N) is 2. The molecule has 1 aliphatic heterocycles. The largest absolute Gasteiger partial charge is 0.362 e. The van der Waals surface area contributed by atoms with Gasteiger partial charge in [0.1, 0.15) is 0 Å². The predicted octanol–water partition coefficient (Wildman–Crippen LogP) is 4.20. The summed E-state index contributed by atoms with van der Waals surface area (Å²) in [5.74, 6) is 1.13. The van der Waals surface area contributed by atoms with E-state index in [0.29, 0.717) is 11.5 Å². The molecule has 0 saturated carbocycles. The van der Waals surface area contributed by atoms with Gasteiger partial charge in [-0.25, -0.2) is 0 Å². The molecule has 1 fully saturated rings. The maximum atomic E-state index is 11.9. The molecule has 0 radical (unpaired) electrons. The summed E-state index contributed by atoms with van der Waals surface area (Å²) in [6.07, 6.45) is 1.56. The number of aryl methyl sites for hydroxylation is 1. The number of carbonyl (C=O) groups is 1. The normalized spacial score (nSPS) is 13.7. The second kappa shape index (κ2) is 9.05. The zero-order valence-corrected chi connectivity index (χ0v) is 16.5. The SMILES string of the molecule is Cc1ccc(SCCNC(=S)Nc2cccc(N3CCCC3=O)c2)cc1. The highest BCUT2D eigenvalue weighted by atomic mass is 32.2. The molecule has 2 N–H and O–H groups in total. The third kappa shape index (κ3) is 5.22. The fourth-order valence-corrected chi connectivity index (χ4v) is 3.80. The third-order valence-corrected chi connectivity index (χ3v) is 5.43. The number of nitrogens with zero attached hydrogens (tertiary/aromatic N) is 1. The molecule has 1 aliphatic rings. The van der Waals surface area contributed by atoms with Gasteiger partial charge in [0.25, 0.3) is 0 Å². The second-order valence-electron chi connectivity index (χ2n) is 6.24. The van der Waals surface area contributed by atoms with E-state index in [1.807, 2.05) is 29.2 Å². The molecule has 26 heavy (non-hydrogen) atoms. The average Bonchev–Trinajstić information content (AvgIpc) is 3.06. The van der Waals surface area contributed by atoms with Gasteiger partial charge in [-0.1, -0.05) is 23.8 Å². The quantitative estimate of drug-likeness (QED) is 0.443. The smallest absolute Gasteiger partial charge is 0.227 e. The van der Waals surface area contributed by atoms with Crippen molar-refractivity contribution in [1.82, 2.24) is 5.32 Å². The van der Waals surface area contributed by atoms with Crippen LogP contribution in [-0.4, -0.2) is 29.9 Å².